The third kappa shape index (κ3) is 3.95. The molecule has 0 saturated carbocycles. The molecule has 0 radical (unpaired) electrons. The number of benzene rings is 3. The Morgan fingerprint density at radius 1 is 0.963 bits per heavy atom. The minimum Gasteiger partial charge on any atom is -0.329 e. The second-order valence-corrected chi connectivity index (χ2v) is 6.21. The Morgan fingerprint density at radius 2 is 1.74 bits per heavy atom. The Balaban J connectivity index is 1.54. The van der Waals surface area contributed by atoms with Crippen LogP contribution in [0.3, 0.4) is 0 Å². The molecule has 0 fully saturated rings. The molecule has 4 rings (SSSR count). The van der Waals surface area contributed by atoms with E-state index in [1.54, 1.807) is 11.0 Å². The van der Waals surface area contributed by atoms with Gasteiger partial charge in [0.25, 0.3) is 0 Å². The molecule has 2 N–H and O–H groups in total. The predicted molar refractivity (Wildman–Crippen MR) is 105 cm³/mol. The van der Waals surface area contributed by atoms with Crippen LogP contribution in [0.25, 0.3) is 10.8 Å². The van der Waals surface area contributed by atoms with Crippen LogP contribution in [0.15, 0.2) is 85.5 Å². The number of carbonyl (C=O) groups is 1. The lowest BCUT2D eigenvalue weighted by atomic mass is 10.1. The second-order valence-electron chi connectivity index (χ2n) is 6.21. The molecular formula is C21H19N5O. The number of rotatable bonds is 5. The molecule has 0 spiro atoms. The van der Waals surface area contributed by atoms with Crippen LogP contribution >= 0.6 is 0 Å². The van der Waals surface area contributed by atoms with Gasteiger partial charge in [0.2, 0.25) is 0 Å². The molecule has 1 unspecified atom stereocenters. The largest absolute Gasteiger partial charge is 0.329 e. The smallest absolute Gasteiger partial charge is 0.319 e. The highest BCUT2D eigenvalue weighted by Crippen LogP contribution is 2.23. The van der Waals surface area contributed by atoms with Gasteiger partial charge in [0, 0.05) is 5.39 Å². The van der Waals surface area contributed by atoms with Gasteiger partial charge in [0.05, 0.1) is 18.3 Å². The van der Waals surface area contributed by atoms with Crippen molar-refractivity contribution < 1.29 is 4.79 Å². The van der Waals surface area contributed by atoms with Crippen LogP contribution in [0.5, 0.6) is 0 Å². The van der Waals surface area contributed by atoms with Gasteiger partial charge in [-0.2, -0.15) is 5.10 Å². The SMILES string of the molecule is O=C(Nc1cccc2ccccc12)NC(Cn1cncn1)c1ccccc1. The summed E-state index contributed by atoms with van der Waals surface area (Å²) in [5, 5.41) is 12.2. The fourth-order valence-corrected chi connectivity index (χ4v) is 3.08. The lowest BCUT2D eigenvalue weighted by Gasteiger charge is -2.20. The Labute approximate surface area is 156 Å². The Bertz CT molecular complexity index is 1030. The van der Waals surface area contributed by atoms with Crippen LogP contribution in [0, 0.1) is 0 Å². The molecule has 27 heavy (non-hydrogen) atoms. The maximum atomic E-state index is 12.7. The zero-order valence-corrected chi connectivity index (χ0v) is 14.6. The predicted octanol–water partition coefficient (Wildman–Crippen LogP) is 3.99. The van der Waals surface area contributed by atoms with Crippen LogP contribution in [0.1, 0.15) is 11.6 Å². The summed E-state index contributed by atoms with van der Waals surface area (Å²) in [6.45, 7) is 0.493. The van der Waals surface area contributed by atoms with E-state index in [1.165, 1.54) is 6.33 Å². The number of fused-ring (bicyclic) bond motifs is 1. The lowest BCUT2D eigenvalue weighted by molar-refractivity contribution is 0.246. The number of hydrogen-bond acceptors (Lipinski definition) is 3. The average molecular weight is 357 g/mol. The first-order valence-corrected chi connectivity index (χ1v) is 8.72. The van der Waals surface area contributed by atoms with Crippen LogP contribution in [-0.4, -0.2) is 20.8 Å². The standard InChI is InChI=1S/C21H19N5O/c27-21(24-19-12-6-10-16-7-4-5-11-18(16)19)25-20(13-26-15-22-14-23-26)17-8-2-1-3-9-17/h1-12,14-15,20H,13H2,(H2,24,25,27). The molecule has 0 bridgehead atoms. The summed E-state index contributed by atoms with van der Waals surface area (Å²) in [5.41, 5.74) is 1.78. The van der Waals surface area contributed by atoms with E-state index >= 15 is 0 Å². The minimum absolute atomic E-state index is 0.233. The maximum absolute atomic E-state index is 12.7. The van der Waals surface area contributed by atoms with E-state index in [0.29, 0.717) is 6.54 Å². The van der Waals surface area contributed by atoms with E-state index < -0.39 is 0 Å². The van der Waals surface area contributed by atoms with E-state index in [2.05, 4.69) is 20.7 Å². The second kappa shape index (κ2) is 7.70. The quantitative estimate of drug-likeness (QED) is 0.567. The molecule has 3 aromatic carbocycles. The van der Waals surface area contributed by atoms with Crippen molar-refractivity contribution in [3.8, 4) is 0 Å². The summed E-state index contributed by atoms with van der Waals surface area (Å²) in [4.78, 5) is 16.7. The molecule has 0 aliphatic rings. The summed E-state index contributed by atoms with van der Waals surface area (Å²) < 4.78 is 1.70. The fourth-order valence-electron chi connectivity index (χ4n) is 3.08. The monoisotopic (exact) mass is 357 g/mol. The van der Waals surface area contributed by atoms with Crippen molar-refractivity contribution in [2.45, 2.75) is 12.6 Å². The van der Waals surface area contributed by atoms with E-state index in [9.17, 15) is 4.79 Å². The maximum Gasteiger partial charge on any atom is 0.319 e. The van der Waals surface area contributed by atoms with Crippen molar-refractivity contribution in [3.05, 3.63) is 91.0 Å². The van der Waals surface area contributed by atoms with Crippen LogP contribution < -0.4 is 10.6 Å². The van der Waals surface area contributed by atoms with Crippen molar-refractivity contribution in [1.82, 2.24) is 20.1 Å². The van der Waals surface area contributed by atoms with Gasteiger partial charge in [-0.25, -0.2) is 9.78 Å². The van der Waals surface area contributed by atoms with Crippen LogP contribution in [-0.2, 0) is 6.54 Å². The molecular weight excluding hydrogens is 338 g/mol. The Morgan fingerprint density at radius 3 is 2.56 bits per heavy atom. The number of hydrogen-bond donors (Lipinski definition) is 2. The third-order valence-corrected chi connectivity index (χ3v) is 4.38. The van der Waals surface area contributed by atoms with E-state index in [1.807, 2.05) is 72.8 Å². The van der Waals surface area contributed by atoms with Gasteiger partial charge in [-0.05, 0) is 17.0 Å². The van der Waals surface area contributed by atoms with Gasteiger partial charge in [-0.15, -0.1) is 0 Å². The number of carbonyl (C=O) groups excluding carboxylic acids is 1. The molecule has 0 aliphatic carbocycles. The summed E-state index contributed by atoms with van der Waals surface area (Å²) in [5.74, 6) is 0. The van der Waals surface area contributed by atoms with Crippen molar-refractivity contribution in [2.24, 2.45) is 0 Å². The first-order valence-electron chi connectivity index (χ1n) is 8.72. The van der Waals surface area contributed by atoms with Crippen molar-refractivity contribution in [3.63, 3.8) is 0 Å². The third-order valence-electron chi connectivity index (χ3n) is 4.38. The normalized spacial score (nSPS) is 11.9. The Kier molecular flexibility index (Phi) is 4.78. The molecule has 6 heteroatoms. The molecule has 4 aromatic rings. The van der Waals surface area contributed by atoms with Gasteiger partial charge in [-0.1, -0.05) is 66.7 Å². The molecule has 1 atom stereocenters. The van der Waals surface area contributed by atoms with Gasteiger partial charge in [-0.3, -0.25) is 4.68 Å². The van der Waals surface area contributed by atoms with Gasteiger partial charge in [0.1, 0.15) is 12.7 Å². The highest BCUT2D eigenvalue weighted by molar-refractivity contribution is 6.01. The van der Waals surface area contributed by atoms with Gasteiger partial charge in [0.15, 0.2) is 0 Å². The zero-order chi connectivity index (χ0) is 18.5. The number of nitrogens with zero attached hydrogens (tertiary/aromatic N) is 3. The minimum atomic E-state index is -0.264. The van der Waals surface area contributed by atoms with E-state index in [4.69, 9.17) is 0 Å². The van der Waals surface area contributed by atoms with E-state index in [-0.39, 0.29) is 12.1 Å². The number of anilines is 1. The van der Waals surface area contributed by atoms with Crippen molar-refractivity contribution in [1.29, 1.82) is 0 Å². The van der Waals surface area contributed by atoms with Crippen LogP contribution in [0.2, 0.25) is 0 Å². The van der Waals surface area contributed by atoms with Gasteiger partial charge < -0.3 is 10.6 Å². The number of urea groups is 1. The number of nitrogens with one attached hydrogen (secondary N) is 2. The van der Waals surface area contributed by atoms with E-state index in [0.717, 1.165) is 22.0 Å². The van der Waals surface area contributed by atoms with Crippen molar-refractivity contribution >= 4 is 22.5 Å². The topological polar surface area (TPSA) is 71.8 Å². The number of aromatic nitrogens is 3. The van der Waals surface area contributed by atoms with Crippen molar-refractivity contribution in [2.75, 3.05) is 5.32 Å². The molecule has 2 amide bonds. The highest BCUT2D eigenvalue weighted by Gasteiger charge is 2.16. The average Bonchev–Trinajstić information content (AvgIpc) is 3.22. The number of amides is 2. The summed E-state index contributed by atoms with van der Waals surface area (Å²) >= 11 is 0. The molecule has 1 heterocycles. The fraction of sp³-hybridized carbons (Fsp3) is 0.0952. The highest BCUT2D eigenvalue weighted by atomic mass is 16.2. The summed E-state index contributed by atoms with van der Waals surface area (Å²) in [6, 6.07) is 23.1. The molecule has 0 saturated heterocycles. The summed E-state index contributed by atoms with van der Waals surface area (Å²) in [7, 11) is 0. The molecule has 1 aromatic heterocycles. The molecule has 0 aliphatic heterocycles. The van der Waals surface area contributed by atoms with Gasteiger partial charge >= 0.3 is 6.03 Å². The summed E-state index contributed by atoms with van der Waals surface area (Å²) in [6.07, 6.45) is 3.12. The lowest BCUT2D eigenvalue weighted by Crippen LogP contribution is -2.35. The first kappa shape index (κ1) is 16.8. The van der Waals surface area contributed by atoms with Crippen LogP contribution in [0.4, 0.5) is 10.5 Å². The molecule has 6 nitrogen and oxygen atoms in total. The first-order chi connectivity index (χ1) is 13.3. The Hall–Kier alpha value is -3.67. The zero-order valence-electron chi connectivity index (χ0n) is 14.6. The molecule has 134 valence electrons.